The van der Waals surface area contributed by atoms with Crippen molar-refractivity contribution in [2.24, 2.45) is 5.92 Å². The van der Waals surface area contributed by atoms with Crippen LogP contribution in [0.4, 0.5) is 0 Å². The van der Waals surface area contributed by atoms with E-state index in [-0.39, 0.29) is 11.9 Å². The molecule has 0 radical (unpaired) electrons. The van der Waals surface area contributed by atoms with E-state index in [0.29, 0.717) is 13.2 Å². The van der Waals surface area contributed by atoms with Gasteiger partial charge in [0.15, 0.2) is 0 Å². The van der Waals surface area contributed by atoms with Crippen LogP contribution in [0.3, 0.4) is 0 Å². The zero-order valence-corrected chi connectivity index (χ0v) is 11.0. The molecule has 1 rings (SSSR count). The fraction of sp³-hybridized carbons (Fsp3) is 0.917. The number of methoxy groups -OCH3 is 2. The van der Waals surface area contributed by atoms with Gasteiger partial charge in [0.25, 0.3) is 0 Å². The number of carbonyl (C=O) groups excluding carboxylic acids is 1. The molecule has 1 saturated heterocycles. The highest BCUT2D eigenvalue weighted by Crippen LogP contribution is 2.28. The normalized spacial score (nSPS) is 29.0. The maximum atomic E-state index is 12.1. The summed E-state index contributed by atoms with van der Waals surface area (Å²) in [7, 11) is 3.11. The van der Waals surface area contributed by atoms with Crippen LogP contribution in [0.15, 0.2) is 0 Å². The number of piperidine rings is 1. The van der Waals surface area contributed by atoms with Gasteiger partial charge in [0, 0.05) is 26.1 Å². The Hall–Kier alpha value is -0.650. The number of rotatable bonds is 6. The van der Waals surface area contributed by atoms with E-state index in [2.05, 4.69) is 17.6 Å². The van der Waals surface area contributed by atoms with Crippen molar-refractivity contribution in [1.29, 1.82) is 0 Å². The molecule has 2 atom stereocenters. The van der Waals surface area contributed by atoms with E-state index in [9.17, 15) is 4.79 Å². The molecular weight excluding hydrogens is 220 g/mol. The summed E-state index contributed by atoms with van der Waals surface area (Å²) in [6.45, 7) is 5.06. The van der Waals surface area contributed by atoms with Crippen LogP contribution in [0.2, 0.25) is 0 Å². The second-order valence-corrected chi connectivity index (χ2v) is 4.44. The van der Waals surface area contributed by atoms with E-state index >= 15 is 0 Å². The molecule has 0 aliphatic carbocycles. The van der Waals surface area contributed by atoms with Crippen LogP contribution in [-0.2, 0) is 14.3 Å². The number of carbonyl (C=O) groups is 1. The van der Waals surface area contributed by atoms with Gasteiger partial charge in [-0.05, 0) is 19.4 Å². The molecule has 5 heteroatoms. The van der Waals surface area contributed by atoms with Crippen LogP contribution >= 0.6 is 0 Å². The van der Waals surface area contributed by atoms with Crippen molar-refractivity contribution in [2.75, 3.05) is 40.5 Å². The van der Waals surface area contributed by atoms with Gasteiger partial charge in [-0.25, -0.2) is 0 Å². The Kier molecular flexibility index (Phi) is 5.88. The maximum Gasteiger partial charge on any atom is 0.326 e. The third kappa shape index (κ3) is 3.18. The van der Waals surface area contributed by atoms with Crippen molar-refractivity contribution in [3.8, 4) is 0 Å². The summed E-state index contributed by atoms with van der Waals surface area (Å²) in [4.78, 5) is 12.1. The summed E-state index contributed by atoms with van der Waals surface area (Å²) >= 11 is 0. The quantitative estimate of drug-likeness (QED) is 0.514. The Morgan fingerprint density at radius 3 is 2.88 bits per heavy atom. The average molecular weight is 244 g/mol. The molecule has 0 amide bonds. The van der Waals surface area contributed by atoms with Crippen molar-refractivity contribution in [3.05, 3.63) is 0 Å². The Balaban J connectivity index is 2.78. The molecule has 0 aromatic heterocycles. The van der Waals surface area contributed by atoms with E-state index in [1.54, 1.807) is 7.11 Å². The molecule has 0 bridgehead atoms. The van der Waals surface area contributed by atoms with Crippen molar-refractivity contribution < 1.29 is 14.3 Å². The molecule has 1 aliphatic rings. The first-order valence-electron chi connectivity index (χ1n) is 6.24. The lowest BCUT2D eigenvalue weighted by atomic mass is 9.76. The molecule has 0 spiro atoms. The summed E-state index contributed by atoms with van der Waals surface area (Å²) < 4.78 is 10.0. The first kappa shape index (κ1) is 14.4. The smallest absolute Gasteiger partial charge is 0.326 e. The van der Waals surface area contributed by atoms with E-state index in [4.69, 9.17) is 9.47 Å². The van der Waals surface area contributed by atoms with Gasteiger partial charge in [0.2, 0.25) is 0 Å². The Labute approximate surface area is 103 Å². The molecular formula is C12H24N2O3. The van der Waals surface area contributed by atoms with E-state index in [1.165, 1.54) is 7.11 Å². The first-order chi connectivity index (χ1) is 8.21. The predicted molar refractivity (Wildman–Crippen MR) is 65.9 cm³/mol. The third-order valence-corrected chi connectivity index (χ3v) is 3.57. The maximum absolute atomic E-state index is 12.1. The Morgan fingerprint density at radius 1 is 1.53 bits per heavy atom. The molecule has 0 aromatic carbocycles. The molecule has 100 valence electrons. The summed E-state index contributed by atoms with van der Waals surface area (Å²) in [5, 5.41) is 6.68. The number of hydrogen-bond acceptors (Lipinski definition) is 5. The van der Waals surface area contributed by atoms with Crippen LogP contribution < -0.4 is 10.6 Å². The van der Waals surface area contributed by atoms with Crippen LogP contribution in [0.5, 0.6) is 0 Å². The number of nitrogens with one attached hydrogen (secondary N) is 2. The predicted octanol–water partition coefficient (Wildman–Crippen LogP) is 0.154. The fourth-order valence-corrected chi connectivity index (χ4v) is 2.56. The summed E-state index contributed by atoms with van der Waals surface area (Å²) in [6.07, 6.45) is 1.71. The van der Waals surface area contributed by atoms with E-state index in [0.717, 1.165) is 25.9 Å². The van der Waals surface area contributed by atoms with Gasteiger partial charge in [-0.3, -0.25) is 10.1 Å². The van der Waals surface area contributed by atoms with Gasteiger partial charge in [-0.2, -0.15) is 0 Å². The van der Waals surface area contributed by atoms with E-state index < -0.39 is 5.54 Å². The summed E-state index contributed by atoms with van der Waals surface area (Å²) in [5.74, 6) is 0.113. The minimum atomic E-state index is -0.548. The second-order valence-electron chi connectivity index (χ2n) is 4.44. The molecule has 5 nitrogen and oxygen atoms in total. The fourth-order valence-electron chi connectivity index (χ4n) is 2.56. The second kappa shape index (κ2) is 6.93. The van der Waals surface area contributed by atoms with Gasteiger partial charge in [-0.15, -0.1) is 0 Å². The molecule has 2 N–H and O–H groups in total. The monoisotopic (exact) mass is 244 g/mol. The molecule has 0 saturated carbocycles. The standard InChI is InChI=1S/C12H24N2O3/c1-4-10-9-13-6-5-12(10,11(15)17-3)14-7-8-16-2/h10,13-14H,4-9H2,1-3H3. The lowest BCUT2D eigenvalue weighted by Crippen LogP contribution is -2.64. The van der Waals surface area contributed by atoms with Gasteiger partial charge in [0.05, 0.1) is 13.7 Å². The van der Waals surface area contributed by atoms with Crippen molar-refractivity contribution in [1.82, 2.24) is 10.6 Å². The average Bonchev–Trinajstić information content (AvgIpc) is 2.38. The van der Waals surface area contributed by atoms with Crippen LogP contribution in [0, 0.1) is 5.92 Å². The zero-order chi connectivity index (χ0) is 12.7. The van der Waals surface area contributed by atoms with Gasteiger partial charge in [0.1, 0.15) is 5.54 Å². The lowest BCUT2D eigenvalue weighted by molar-refractivity contribution is -0.153. The molecule has 1 aliphatic heterocycles. The number of hydrogen-bond donors (Lipinski definition) is 2. The van der Waals surface area contributed by atoms with Crippen LogP contribution in [-0.4, -0.2) is 52.0 Å². The summed E-state index contributed by atoms with van der Waals surface area (Å²) in [6, 6.07) is 0. The SMILES string of the molecule is CCC1CNCCC1(NCCOC)C(=O)OC. The van der Waals surface area contributed by atoms with Gasteiger partial charge in [-0.1, -0.05) is 6.92 Å². The number of esters is 1. The Morgan fingerprint density at radius 2 is 2.29 bits per heavy atom. The van der Waals surface area contributed by atoms with E-state index in [1.807, 2.05) is 0 Å². The molecule has 17 heavy (non-hydrogen) atoms. The largest absolute Gasteiger partial charge is 0.468 e. The van der Waals surface area contributed by atoms with Crippen molar-refractivity contribution in [2.45, 2.75) is 25.3 Å². The highest BCUT2D eigenvalue weighted by atomic mass is 16.5. The van der Waals surface area contributed by atoms with Crippen LogP contribution in [0.1, 0.15) is 19.8 Å². The van der Waals surface area contributed by atoms with Crippen LogP contribution in [0.25, 0.3) is 0 Å². The molecule has 1 heterocycles. The van der Waals surface area contributed by atoms with Crippen molar-refractivity contribution >= 4 is 5.97 Å². The Bertz CT molecular complexity index is 248. The van der Waals surface area contributed by atoms with Crippen molar-refractivity contribution in [3.63, 3.8) is 0 Å². The van der Waals surface area contributed by atoms with Gasteiger partial charge < -0.3 is 14.8 Å². The highest BCUT2D eigenvalue weighted by molar-refractivity contribution is 5.81. The minimum Gasteiger partial charge on any atom is -0.468 e. The first-order valence-corrected chi connectivity index (χ1v) is 6.24. The van der Waals surface area contributed by atoms with Gasteiger partial charge >= 0.3 is 5.97 Å². The molecule has 2 unspecified atom stereocenters. The molecule has 1 fully saturated rings. The topological polar surface area (TPSA) is 59.6 Å². The third-order valence-electron chi connectivity index (χ3n) is 3.57. The highest BCUT2D eigenvalue weighted by Gasteiger charge is 2.46. The molecule has 0 aromatic rings. The lowest BCUT2D eigenvalue weighted by Gasteiger charge is -2.42. The number of ether oxygens (including phenoxy) is 2. The minimum absolute atomic E-state index is 0.151. The summed E-state index contributed by atoms with van der Waals surface area (Å²) in [5.41, 5.74) is -0.548. The zero-order valence-electron chi connectivity index (χ0n) is 11.0.